The molecule has 0 heterocycles. The predicted molar refractivity (Wildman–Crippen MR) is 102 cm³/mol. The Hall–Kier alpha value is -0.940. The van der Waals surface area contributed by atoms with Gasteiger partial charge in [0.25, 0.3) is 0 Å². The number of hydrogen-bond donors (Lipinski definition) is 3. The van der Waals surface area contributed by atoms with Crippen LogP contribution in [0.25, 0.3) is 0 Å². The number of aliphatic hydroxyl groups excluding tert-OH is 1. The lowest BCUT2D eigenvalue weighted by Gasteiger charge is -2.17. The summed E-state index contributed by atoms with van der Waals surface area (Å²) in [7, 11) is 2.18. The summed E-state index contributed by atoms with van der Waals surface area (Å²) in [5, 5.41) is 11.8. The molecule has 0 bridgehead atoms. The van der Waals surface area contributed by atoms with E-state index < -0.39 is 0 Å². The molecule has 1 rings (SSSR count). The van der Waals surface area contributed by atoms with Crippen LogP contribution in [-0.2, 0) is 0 Å². The molecule has 4 nitrogen and oxygen atoms in total. The first-order valence-electron chi connectivity index (χ1n) is 8.85. The minimum Gasteiger partial charge on any atom is -0.396 e. The van der Waals surface area contributed by atoms with Gasteiger partial charge in [0.05, 0.1) is 0 Å². The Balaban J connectivity index is 0.000000515. The highest BCUT2D eigenvalue weighted by Crippen LogP contribution is 2.08. The lowest BCUT2D eigenvalue weighted by Crippen LogP contribution is -2.30. The lowest BCUT2D eigenvalue weighted by molar-refractivity contribution is 0.259. The normalized spacial score (nSPS) is 15.0. The first-order valence-corrected chi connectivity index (χ1v) is 8.85. The second-order valence-electron chi connectivity index (χ2n) is 6.13. The van der Waals surface area contributed by atoms with Gasteiger partial charge in [0.1, 0.15) is 0 Å². The smallest absolute Gasteiger partial charge is 0.0433 e. The number of nitrogens with two attached hydrogens (primary N) is 1. The van der Waals surface area contributed by atoms with Crippen molar-refractivity contribution >= 4 is 0 Å². The lowest BCUT2D eigenvalue weighted by atomic mass is 10.1. The largest absolute Gasteiger partial charge is 0.396 e. The van der Waals surface area contributed by atoms with E-state index in [1.54, 1.807) is 0 Å². The van der Waals surface area contributed by atoms with E-state index in [4.69, 9.17) is 10.8 Å². The minimum atomic E-state index is 0.293. The van der Waals surface area contributed by atoms with Gasteiger partial charge in [0.2, 0.25) is 0 Å². The van der Waals surface area contributed by atoms with E-state index in [0.717, 1.165) is 52.0 Å². The molecule has 0 aromatic rings. The summed E-state index contributed by atoms with van der Waals surface area (Å²) in [5.41, 5.74) is 6.76. The minimum absolute atomic E-state index is 0.293. The first-order chi connectivity index (χ1) is 11.1. The first kappa shape index (κ1) is 22.1. The van der Waals surface area contributed by atoms with Crippen molar-refractivity contribution in [3.63, 3.8) is 0 Å². The van der Waals surface area contributed by atoms with Crippen molar-refractivity contribution < 1.29 is 5.11 Å². The van der Waals surface area contributed by atoms with Gasteiger partial charge in [-0.15, -0.1) is 0 Å². The molecule has 4 heteroatoms. The summed E-state index contributed by atoms with van der Waals surface area (Å²) in [6, 6.07) is 0. The summed E-state index contributed by atoms with van der Waals surface area (Å²) in [6.45, 7) is 9.58. The molecular weight excluding hydrogens is 286 g/mol. The zero-order valence-corrected chi connectivity index (χ0v) is 15.3. The maximum atomic E-state index is 8.42. The van der Waals surface area contributed by atoms with E-state index in [1.807, 2.05) is 0 Å². The monoisotopic (exact) mass is 323 g/mol. The summed E-state index contributed by atoms with van der Waals surface area (Å²) < 4.78 is 0. The summed E-state index contributed by atoms with van der Waals surface area (Å²) >= 11 is 0. The Morgan fingerprint density at radius 3 is 2.74 bits per heavy atom. The molecule has 0 aromatic carbocycles. The number of hydrogen-bond acceptors (Lipinski definition) is 4. The van der Waals surface area contributed by atoms with Crippen molar-refractivity contribution in [3.05, 3.63) is 36.0 Å². The summed E-state index contributed by atoms with van der Waals surface area (Å²) in [5.74, 6) is 0.588. The molecule has 0 saturated carbocycles. The van der Waals surface area contributed by atoms with E-state index in [9.17, 15) is 0 Å². The molecule has 0 amide bonds. The quantitative estimate of drug-likeness (QED) is 0.540. The molecule has 1 atom stereocenters. The van der Waals surface area contributed by atoms with Crippen molar-refractivity contribution in [1.82, 2.24) is 10.2 Å². The van der Waals surface area contributed by atoms with E-state index in [1.165, 1.54) is 5.57 Å². The summed E-state index contributed by atoms with van der Waals surface area (Å²) in [6.07, 6.45) is 13.8. The molecule has 0 fully saturated rings. The molecule has 0 radical (unpaired) electrons. The highest BCUT2D eigenvalue weighted by molar-refractivity contribution is 5.24. The third-order valence-electron chi connectivity index (χ3n) is 3.74. The average molecular weight is 324 g/mol. The highest BCUT2D eigenvalue weighted by Gasteiger charge is 2.01. The SMILES string of the molecule is CC(CCN)CCO.CCNCCN(C)CC1=CC=CC=CC1. The van der Waals surface area contributed by atoms with Crippen LogP contribution in [0.3, 0.4) is 0 Å². The van der Waals surface area contributed by atoms with Gasteiger partial charge in [0, 0.05) is 26.2 Å². The predicted octanol–water partition coefficient (Wildman–Crippen LogP) is 2.32. The van der Waals surface area contributed by atoms with Crippen LogP contribution in [-0.4, -0.2) is 56.4 Å². The van der Waals surface area contributed by atoms with Gasteiger partial charge in [-0.2, -0.15) is 0 Å². The fourth-order valence-corrected chi connectivity index (χ4v) is 2.26. The highest BCUT2D eigenvalue weighted by atomic mass is 16.3. The standard InChI is InChI=1S/C13H22N2.C6H15NO/c1-3-14-10-11-15(2)12-13-8-6-4-5-7-9-13;1-6(2-4-7)3-5-8/h4-8,14H,3,9-12H2,1-2H3;6,8H,2-5,7H2,1H3. The van der Waals surface area contributed by atoms with Crippen LogP contribution in [0.4, 0.5) is 0 Å². The molecule has 0 spiro atoms. The summed E-state index contributed by atoms with van der Waals surface area (Å²) in [4.78, 5) is 2.36. The number of nitrogens with zero attached hydrogens (tertiary/aromatic N) is 1. The number of aliphatic hydroxyl groups is 1. The molecule has 134 valence electrons. The third kappa shape index (κ3) is 14.4. The molecule has 23 heavy (non-hydrogen) atoms. The van der Waals surface area contributed by atoms with E-state index in [2.05, 4.69) is 61.5 Å². The molecule has 1 aliphatic carbocycles. The van der Waals surface area contributed by atoms with Crippen molar-refractivity contribution in [3.8, 4) is 0 Å². The Morgan fingerprint density at radius 1 is 1.30 bits per heavy atom. The van der Waals surface area contributed by atoms with Gasteiger partial charge in [0.15, 0.2) is 0 Å². The van der Waals surface area contributed by atoms with E-state index >= 15 is 0 Å². The van der Waals surface area contributed by atoms with Gasteiger partial charge in [-0.25, -0.2) is 0 Å². The molecule has 0 saturated heterocycles. The molecule has 4 N–H and O–H groups in total. The van der Waals surface area contributed by atoms with Crippen molar-refractivity contribution in [1.29, 1.82) is 0 Å². The van der Waals surface area contributed by atoms with Crippen molar-refractivity contribution in [2.24, 2.45) is 11.7 Å². The van der Waals surface area contributed by atoms with Gasteiger partial charge in [-0.3, -0.25) is 0 Å². The van der Waals surface area contributed by atoms with Crippen LogP contribution in [0.1, 0.15) is 33.1 Å². The number of nitrogens with one attached hydrogen (secondary N) is 1. The number of rotatable bonds is 10. The maximum Gasteiger partial charge on any atom is 0.0433 e. The fraction of sp³-hybridized carbons (Fsp3) is 0.684. The zero-order valence-electron chi connectivity index (χ0n) is 15.3. The molecule has 1 aliphatic rings. The van der Waals surface area contributed by atoms with Gasteiger partial charge < -0.3 is 21.1 Å². The molecule has 0 aliphatic heterocycles. The zero-order chi connectivity index (χ0) is 17.3. The fourth-order valence-electron chi connectivity index (χ4n) is 2.26. The van der Waals surface area contributed by atoms with Crippen LogP contribution in [0, 0.1) is 5.92 Å². The molecular formula is C19H37N3O. The van der Waals surface area contributed by atoms with Gasteiger partial charge >= 0.3 is 0 Å². The van der Waals surface area contributed by atoms with E-state index in [0.29, 0.717) is 12.5 Å². The number of likely N-dealkylation sites (N-methyl/N-ethyl adjacent to an activating group) is 2. The second kappa shape index (κ2) is 15.9. The Morgan fingerprint density at radius 2 is 2.09 bits per heavy atom. The van der Waals surface area contributed by atoms with Crippen LogP contribution in [0.5, 0.6) is 0 Å². The molecule has 0 aromatic heterocycles. The average Bonchev–Trinajstić information content (AvgIpc) is 2.77. The van der Waals surface area contributed by atoms with Crippen molar-refractivity contribution in [2.45, 2.75) is 33.1 Å². The van der Waals surface area contributed by atoms with Crippen molar-refractivity contribution in [2.75, 3.05) is 46.4 Å². The Labute approximate surface area is 143 Å². The van der Waals surface area contributed by atoms with Crippen LogP contribution in [0.2, 0.25) is 0 Å². The van der Waals surface area contributed by atoms with E-state index in [-0.39, 0.29) is 0 Å². The second-order valence-corrected chi connectivity index (χ2v) is 6.13. The van der Waals surface area contributed by atoms with Gasteiger partial charge in [-0.05, 0) is 45.3 Å². The van der Waals surface area contributed by atoms with Crippen LogP contribution >= 0.6 is 0 Å². The van der Waals surface area contributed by atoms with Crippen LogP contribution < -0.4 is 11.1 Å². The maximum absolute atomic E-state index is 8.42. The van der Waals surface area contributed by atoms with Crippen LogP contribution in [0.15, 0.2) is 36.0 Å². The third-order valence-corrected chi connectivity index (χ3v) is 3.74. The Kier molecular flexibility index (Phi) is 15.3. The van der Waals surface area contributed by atoms with Gasteiger partial charge in [-0.1, -0.05) is 49.8 Å². The topological polar surface area (TPSA) is 61.5 Å². The Bertz CT molecular complexity index is 345. The number of allylic oxidation sites excluding steroid dienone is 5. The molecule has 1 unspecified atom stereocenters.